The molecule has 1 unspecified atom stereocenters. The lowest BCUT2D eigenvalue weighted by Crippen LogP contribution is -2.38. The number of esters is 1. The Kier molecular flexibility index (Phi) is 4.38. The summed E-state index contributed by atoms with van der Waals surface area (Å²) < 4.78 is 4.53. The number of thioether (sulfide) groups is 1. The van der Waals surface area contributed by atoms with Gasteiger partial charge in [0.25, 0.3) is 0 Å². The highest BCUT2D eigenvalue weighted by atomic mass is 32.2. The lowest BCUT2D eigenvalue weighted by molar-refractivity contribution is -0.158. The van der Waals surface area contributed by atoms with Gasteiger partial charge < -0.3 is 9.84 Å². The van der Waals surface area contributed by atoms with Crippen LogP contribution in [-0.2, 0) is 9.53 Å². The molecule has 0 saturated carbocycles. The molecule has 0 heterocycles. The third-order valence-electron chi connectivity index (χ3n) is 2.23. The number of aliphatic hydroxyl groups is 1. The molecule has 1 rings (SSSR count). The molecule has 1 aromatic rings. The van der Waals surface area contributed by atoms with Crippen molar-refractivity contribution in [2.75, 3.05) is 12.9 Å². The van der Waals surface area contributed by atoms with Crippen molar-refractivity contribution < 1.29 is 14.6 Å². The quantitative estimate of drug-likeness (QED) is 0.646. The van der Waals surface area contributed by atoms with Gasteiger partial charge in [-0.3, -0.25) is 0 Å². The number of carbonyl (C=O) groups is 1. The topological polar surface area (TPSA) is 46.5 Å². The number of ether oxygens (including phenoxy) is 1. The number of carbonyl (C=O) groups excluding carboxylic acids is 1. The first kappa shape index (κ1) is 13.1. The number of benzene rings is 1. The van der Waals surface area contributed by atoms with Crippen LogP contribution in [0.4, 0.5) is 0 Å². The second-order valence-corrected chi connectivity index (χ2v) is 4.84. The molecule has 3 nitrogen and oxygen atoms in total. The van der Waals surface area contributed by atoms with Gasteiger partial charge in [0, 0.05) is 10.6 Å². The molecule has 0 radical (unpaired) electrons. The van der Waals surface area contributed by atoms with E-state index in [0.717, 1.165) is 10.5 Å². The molecule has 0 aliphatic rings. The van der Waals surface area contributed by atoms with Crippen LogP contribution in [0.3, 0.4) is 0 Å². The van der Waals surface area contributed by atoms with E-state index in [9.17, 15) is 9.90 Å². The lowest BCUT2D eigenvalue weighted by Gasteiger charge is -2.19. The summed E-state index contributed by atoms with van der Waals surface area (Å²) in [5.41, 5.74) is -0.310. The number of hydrogen-bond acceptors (Lipinski definition) is 4. The Morgan fingerprint density at radius 3 is 2.69 bits per heavy atom. The molecule has 0 aliphatic carbocycles. The maximum Gasteiger partial charge on any atom is 0.338 e. The molecule has 0 saturated heterocycles. The summed E-state index contributed by atoms with van der Waals surface area (Å²) in [7, 11) is 1.27. The molecule has 1 aromatic carbocycles. The van der Waals surface area contributed by atoms with Gasteiger partial charge in [-0.15, -0.1) is 11.8 Å². The van der Waals surface area contributed by atoms with Gasteiger partial charge in [0.15, 0.2) is 5.60 Å². The van der Waals surface area contributed by atoms with E-state index in [-0.39, 0.29) is 5.75 Å². The van der Waals surface area contributed by atoms with Gasteiger partial charge in [0.1, 0.15) is 0 Å². The first-order valence-corrected chi connectivity index (χ1v) is 5.95. The Bertz CT molecular complexity index is 374. The molecule has 16 heavy (non-hydrogen) atoms. The number of aryl methyl sites for hydroxylation is 1. The summed E-state index contributed by atoms with van der Waals surface area (Å²) in [6, 6.07) is 7.85. The monoisotopic (exact) mass is 240 g/mol. The molecule has 4 heteroatoms. The van der Waals surface area contributed by atoms with Gasteiger partial charge >= 0.3 is 5.97 Å². The summed E-state index contributed by atoms with van der Waals surface area (Å²) in [5.74, 6) is -0.321. The van der Waals surface area contributed by atoms with E-state index in [0.29, 0.717) is 0 Å². The Labute approximate surface area is 99.8 Å². The normalized spacial score (nSPS) is 14.2. The molecular formula is C12H16O3S. The van der Waals surface area contributed by atoms with Crippen molar-refractivity contribution in [2.24, 2.45) is 0 Å². The first-order valence-electron chi connectivity index (χ1n) is 4.96. The maximum atomic E-state index is 11.3. The van der Waals surface area contributed by atoms with Gasteiger partial charge in [-0.05, 0) is 25.5 Å². The number of hydrogen-bond donors (Lipinski definition) is 1. The molecule has 0 spiro atoms. The van der Waals surface area contributed by atoms with Crippen molar-refractivity contribution in [2.45, 2.75) is 24.3 Å². The van der Waals surface area contributed by atoms with Crippen LogP contribution in [0.5, 0.6) is 0 Å². The highest BCUT2D eigenvalue weighted by Gasteiger charge is 2.31. The minimum Gasteiger partial charge on any atom is -0.467 e. The van der Waals surface area contributed by atoms with Crippen LogP contribution < -0.4 is 0 Å². The zero-order valence-corrected chi connectivity index (χ0v) is 10.5. The molecule has 0 aromatic heterocycles. The zero-order chi connectivity index (χ0) is 12.2. The van der Waals surface area contributed by atoms with Gasteiger partial charge in [-0.25, -0.2) is 4.79 Å². The van der Waals surface area contributed by atoms with Gasteiger partial charge in [-0.2, -0.15) is 0 Å². The standard InChI is InChI=1S/C12H16O3S/c1-9-6-4-5-7-10(9)16-8-12(2,14)11(13)15-3/h4-7,14H,8H2,1-3H3. The second kappa shape index (κ2) is 5.37. The van der Waals surface area contributed by atoms with Crippen molar-refractivity contribution in [3.63, 3.8) is 0 Å². The molecule has 0 aliphatic heterocycles. The Hall–Kier alpha value is -1.00. The Morgan fingerprint density at radius 2 is 2.12 bits per heavy atom. The fraction of sp³-hybridized carbons (Fsp3) is 0.417. The van der Waals surface area contributed by atoms with E-state index in [1.165, 1.54) is 25.8 Å². The SMILES string of the molecule is COC(=O)C(C)(O)CSc1ccccc1C. The summed E-state index contributed by atoms with van der Waals surface area (Å²) in [5, 5.41) is 9.84. The summed E-state index contributed by atoms with van der Waals surface area (Å²) >= 11 is 1.45. The molecule has 88 valence electrons. The molecule has 0 bridgehead atoms. The summed E-state index contributed by atoms with van der Waals surface area (Å²) in [4.78, 5) is 12.3. The molecule has 1 atom stereocenters. The minimum absolute atomic E-state index is 0.282. The average Bonchev–Trinajstić information content (AvgIpc) is 2.27. The van der Waals surface area contributed by atoms with Crippen LogP contribution in [0.15, 0.2) is 29.2 Å². The van der Waals surface area contributed by atoms with E-state index in [4.69, 9.17) is 0 Å². The predicted molar refractivity (Wildman–Crippen MR) is 64.5 cm³/mol. The fourth-order valence-corrected chi connectivity index (χ4v) is 2.24. The highest BCUT2D eigenvalue weighted by molar-refractivity contribution is 7.99. The second-order valence-electron chi connectivity index (χ2n) is 3.82. The van der Waals surface area contributed by atoms with Crippen LogP contribution in [-0.4, -0.2) is 29.5 Å². The van der Waals surface area contributed by atoms with Crippen molar-refractivity contribution >= 4 is 17.7 Å². The molecule has 0 fully saturated rings. The van der Waals surface area contributed by atoms with Crippen LogP contribution in [0, 0.1) is 6.92 Å². The van der Waals surface area contributed by atoms with Crippen molar-refractivity contribution in [3.8, 4) is 0 Å². The van der Waals surface area contributed by atoms with E-state index in [2.05, 4.69) is 4.74 Å². The van der Waals surface area contributed by atoms with Crippen LogP contribution >= 0.6 is 11.8 Å². The van der Waals surface area contributed by atoms with Crippen LogP contribution in [0.1, 0.15) is 12.5 Å². The third kappa shape index (κ3) is 3.25. The van der Waals surface area contributed by atoms with Crippen molar-refractivity contribution in [1.82, 2.24) is 0 Å². The fourth-order valence-electron chi connectivity index (χ4n) is 1.22. The predicted octanol–water partition coefficient (Wildman–Crippen LogP) is 2.01. The maximum absolute atomic E-state index is 11.3. The Balaban J connectivity index is 2.65. The van der Waals surface area contributed by atoms with Gasteiger partial charge in [0.2, 0.25) is 0 Å². The molecule has 1 N–H and O–H groups in total. The van der Waals surface area contributed by atoms with Crippen molar-refractivity contribution in [1.29, 1.82) is 0 Å². The van der Waals surface area contributed by atoms with Crippen molar-refractivity contribution in [3.05, 3.63) is 29.8 Å². The zero-order valence-electron chi connectivity index (χ0n) is 9.69. The molecular weight excluding hydrogens is 224 g/mol. The summed E-state index contributed by atoms with van der Waals surface area (Å²) in [6.45, 7) is 3.46. The van der Waals surface area contributed by atoms with Gasteiger partial charge in [-0.1, -0.05) is 18.2 Å². The number of methoxy groups -OCH3 is 1. The number of rotatable bonds is 4. The molecule has 0 amide bonds. The smallest absolute Gasteiger partial charge is 0.338 e. The first-order chi connectivity index (χ1) is 7.47. The largest absolute Gasteiger partial charge is 0.467 e. The van der Waals surface area contributed by atoms with Crippen LogP contribution in [0.2, 0.25) is 0 Å². The van der Waals surface area contributed by atoms with E-state index >= 15 is 0 Å². The van der Waals surface area contributed by atoms with E-state index in [1.807, 2.05) is 31.2 Å². The third-order valence-corrected chi connectivity index (χ3v) is 3.70. The Morgan fingerprint density at radius 1 is 1.50 bits per heavy atom. The van der Waals surface area contributed by atoms with Gasteiger partial charge in [0.05, 0.1) is 7.11 Å². The lowest BCUT2D eigenvalue weighted by atomic mass is 10.1. The van der Waals surface area contributed by atoms with E-state index < -0.39 is 11.6 Å². The summed E-state index contributed by atoms with van der Waals surface area (Å²) in [6.07, 6.45) is 0. The van der Waals surface area contributed by atoms with Crippen LogP contribution in [0.25, 0.3) is 0 Å². The minimum atomic E-state index is -1.44. The highest BCUT2D eigenvalue weighted by Crippen LogP contribution is 2.25. The average molecular weight is 240 g/mol. The van der Waals surface area contributed by atoms with E-state index in [1.54, 1.807) is 0 Å².